The van der Waals surface area contributed by atoms with Crippen LogP contribution in [0.15, 0.2) is 11.1 Å². The lowest BCUT2D eigenvalue weighted by atomic mass is 10.1. The molecule has 1 aliphatic rings. The first-order chi connectivity index (χ1) is 19.3. The van der Waals surface area contributed by atoms with Crippen molar-refractivity contribution in [3.8, 4) is 0 Å². The summed E-state index contributed by atoms with van der Waals surface area (Å²) < 4.78 is 29.9. The number of nitrogen functional groups attached to an aromatic ring is 1. The van der Waals surface area contributed by atoms with Crippen molar-refractivity contribution in [1.82, 2.24) is 14.5 Å². The summed E-state index contributed by atoms with van der Waals surface area (Å²) in [5.74, 6) is -0.0516. The van der Waals surface area contributed by atoms with Crippen LogP contribution in [0, 0.1) is 0 Å². The zero-order chi connectivity index (χ0) is 31.2. The van der Waals surface area contributed by atoms with Crippen molar-refractivity contribution >= 4 is 30.9 Å². The van der Waals surface area contributed by atoms with E-state index in [0.29, 0.717) is 23.2 Å². The van der Waals surface area contributed by atoms with Crippen molar-refractivity contribution < 1.29 is 18.0 Å². The maximum absolute atomic E-state index is 13.2. The summed E-state index contributed by atoms with van der Waals surface area (Å²) in [6.45, 7) is 27.5. The topological polar surface area (TPSA) is 111 Å². The van der Waals surface area contributed by atoms with Crippen LogP contribution in [0.4, 0.5) is 5.95 Å². The highest BCUT2D eigenvalue weighted by atomic mass is 28.4. The Morgan fingerprint density at radius 3 is 1.63 bits per heavy atom. The van der Waals surface area contributed by atoms with Crippen LogP contribution < -0.4 is 11.4 Å². The van der Waals surface area contributed by atoms with Crippen LogP contribution in [0.2, 0.25) is 52.9 Å². The summed E-state index contributed by atoms with van der Waals surface area (Å²) in [6.07, 6.45) is -0.509. The molecule has 1 aromatic heterocycles. The van der Waals surface area contributed by atoms with Gasteiger partial charge in [0.15, 0.2) is 31.2 Å². The van der Waals surface area contributed by atoms with Crippen molar-refractivity contribution in [3.63, 3.8) is 0 Å². The molecule has 0 radical (unpaired) electrons. The molecule has 0 aromatic carbocycles. The van der Waals surface area contributed by atoms with Gasteiger partial charge in [0.1, 0.15) is 24.6 Å². The Morgan fingerprint density at radius 2 is 1.24 bits per heavy atom. The first-order valence-corrected chi connectivity index (χ1v) is 23.3. The van der Waals surface area contributed by atoms with Crippen LogP contribution in [-0.4, -0.2) is 64.4 Å². The van der Waals surface area contributed by atoms with Crippen LogP contribution in [0.5, 0.6) is 0 Å². The number of aromatic nitrogens is 3. The van der Waals surface area contributed by atoms with E-state index in [1.807, 2.05) is 0 Å². The van der Waals surface area contributed by atoms with E-state index in [2.05, 4.69) is 93.1 Å². The molecule has 4 atom stereocenters. The lowest BCUT2D eigenvalue weighted by molar-refractivity contribution is -0.0514. The highest BCUT2D eigenvalue weighted by Gasteiger charge is 2.55. The van der Waals surface area contributed by atoms with Crippen LogP contribution in [0.3, 0.4) is 0 Å². The zero-order valence-corrected chi connectivity index (χ0v) is 31.0. The lowest BCUT2D eigenvalue weighted by Gasteiger charge is -2.43. The fourth-order valence-electron chi connectivity index (χ4n) is 6.83. The van der Waals surface area contributed by atoms with Gasteiger partial charge in [0.25, 0.3) is 0 Å². The molecule has 0 amide bonds. The SMILES string of the molecule is CC[Si](CC)(OC[C@H]1O[C@@H](n2cnc(N)nc2=O)[C@H](O[Si](CC)(CC)C(C)C)[C@@H]1O[Si](CC)(CC)C(C)C)C(C)C. The minimum absolute atomic E-state index is 0.0516. The number of hydrogen-bond acceptors (Lipinski definition) is 8. The first-order valence-electron chi connectivity index (χ1n) is 16.1. The summed E-state index contributed by atoms with van der Waals surface area (Å²) in [7, 11) is -6.42. The van der Waals surface area contributed by atoms with Crippen molar-refractivity contribution in [1.29, 1.82) is 0 Å². The number of anilines is 1. The largest absolute Gasteiger partial charge is 0.414 e. The lowest BCUT2D eigenvalue weighted by Crippen LogP contribution is -2.54. The van der Waals surface area contributed by atoms with Crippen LogP contribution >= 0.6 is 0 Å². The quantitative estimate of drug-likeness (QED) is 0.182. The average Bonchev–Trinajstić information content (AvgIpc) is 3.26. The fourth-order valence-corrected chi connectivity index (χ4v) is 17.3. The Bertz CT molecular complexity index is 997. The van der Waals surface area contributed by atoms with Gasteiger partial charge in [-0.05, 0) is 52.9 Å². The molecule has 9 nitrogen and oxygen atoms in total. The van der Waals surface area contributed by atoms with Crippen LogP contribution in [0.1, 0.15) is 89.3 Å². The Morgan fingerprint density at radius 1 is 0.805 bits per heavy atom. The van der Waals surface area contributed by atoms with Gasteiger partial charge >= 0.3 is 5.69 Å². The molecular weight excluding hydrogens is 569 g/mol. The molecular formula is C29H60N4O5Si3. The van der Waals surface area contributed by atoms with E-state index >= 15 is 0 Å². The predicted octanol–water partition coefficient (Wildman–Crippen LogP) is 7.09. The third-order valence-corrected chi connectivity index (χ3v) is 26.0. The van der Waals surface area contributed by atoms with E-state index in [-0.39, 0.29) is 18.2 Å². The number of nitrogens with zero attached hydrogens (tertiary/aromatic N) is 3. The predicted molar refractivity (Wildman–Crippen MR) is 176 cm³/mol. The van der Waals surface area contributed by atoms with E-state index in [4.69, 9.17) is 23.7 Å². The molecule has 238 valence electrons. The normalized spacial score (nSPS) is 22.4. The van der Waals surface area contributed by atoms with Gasteiger partial charge < -0.3 is 23.7 Å². The van der Waals surface area contributed by atoms with Gasteiger partial charge in [-0.3, -0.25) is 4.57 Å². The van der Waals surface area contributed by atoms with E-state index in [0.717, 1.165) is 36.3 Å². The Hall–Kier alpha value is -0.899. The molecule has 2 heterocycles. The first kappa shape index (κ1) is 36.3. The zero-order valence-electron chi connectivity index (χ0n) is 28.0. The van der Waals surface area contributed by atoms with Gasteiger partial charge in [0.2, 0.25) is 5.95 Å². The molecule has 41 heavy (non-hydrogen) atoms. The second-order valence-electron chi connectivity index (χ2n) is 12.7. The average molecular weight is 629 g/mol. The molecule has 1 aromatic rings. The van der Waals surface area contributed by atoms with Crippen molar-refractivity contribution in [2.45, 2.75) is 161 Å². The standard InChI is InChI=1S/C29H60N4O5Si3/c1-13-39(14-2,21(7)8)35-19-24-25(37-40(15-3,16-4)22(9)10)26(38-41(17-5,18-6)23(11)12)27(36-24)33-20-31-28(30)32-29(33)34/h20-27H,13-19H2,1-12H3,(H2,30,32,34)/t24-,25-,26-,27-/m1/s1. The maximum Gasteiger partial charge on any atom is 0.354 e. The van der Waals surface area contributed by atoms with Gasteiger partial charge in [-0.1, -0.05) is 83.1 Å². The number of hydrogen-bond donors (Lipinski definition) is 1. The number of ether oxygens (including phenoxy) is 1. The van der Waals surface area contributed by atoms with Crippen LogP contribution in [0.25, 0.3) is 0 Å². The molecule has 0 aliphatic carbocycles. The van der Waals surface area contributed by atoms with Crippen molar-refractivity contribution in [3.05, 3.63) is 16.8 Å². The van der Waals surface area contributed by atoms with Gasteiger partial charge in [-0.15, -0.1) is 0 Å². The second-order valence-corrected chi connectivity index (χ2v) is 27.6. The van der Waals surface area contributed by atoms with E-state index in [1.54, 1.807) is 0 Å². The maximum atomic E-state index is 13.2. The summed E-state index contributed by atoms with van der Waals surface area (Å²) in [5, 5.41) is 0. The Labute approximate surface area is 252 Å². The summed E-state index contributed by atoms with van der Waals surface area (Å²) in [5.41, 5.74) is 6.56. The third-order valence-electron chi connectivity index (χ3n) is 10.3. The summed E-state index contributed by atoms with van der Waals surface area (Å²) in [6, 6.07) is 6.01. The van der Waals surface area contributed by atoms with Crippen LogP contribution in [-0.2, 0) is 18.0 Å². The Balaban J connectivity index is 2.73. The molecule has 0 spiro atoms. The molecule has 1 saturated heterocycles. The minimum Gasteiger partial charge on any atom is -0.414 e. The molecule has 2 rings (SSSR count). The van der Waals surface area contributed by atoms with Gasteiger partial charge in [-0.25, -0.2) is 9.78 Å². The van der Waals surface area contributed by atoms with Gasteiger partial charge in [0, 0.05) is 0 Å². The summed E-state index contributed by atoms with van der Waals surface area (Å²) >= 11 is 0. The molecule has 12 heteroatoms. The minimum atomic E-state index is -2.23. The highest BCUT2D eigenvalue weighted by Crippen LogP contribution is 2.43. The second kappa shape index (κ2) is 15.2. The Kier molecular flexibility index (Phi) is 13.5. The van der Waals surface area contributed by atoms with E-state index in [1.165, 1.54) is 10.9 Å². The van der Waals surface area contributed by atoms with E-state index in [9.17, 15) is 4.79 Å². The summed E-state index contributed by atoms with van der Waals surface area (Å²) in [4.78, 5) is 21.3. The fraction of sp³-hybridized carbons (Fsp3) is 0.897. The third kappa shape index (κ3) is 7.61. The molecule has 1 aliphatic heterocycles. The molecule has 1 fully saturated rings. The monoisotopic (exact) mass is 628 g/mol. The van der Waals surface area contributed by atoms with E-state index < -0.39 is 43.0 Å². The van der Waals surface area contributed by atoms with Crippen molar-refractivity contribution in [2.75, 3.05) is 12.3 Å². The molecule has 0 bridgehead atoms. The van der Waals surface area contributed by atoms with Gasteiger partial charge in [-0.2, -0.15) is 4.98 Å². The smallest absolute Gasteiger partial charge is 0.354 e. The highest BCUT2D eigenvalue weighted by molar-refractivity contribution is 6.76. The molecule has 0 unspecified atom stereocenters. The number of nitrogens with two attached hydrogens (primary N) is 1. The van der Waals surface area contributed by atoms with Crippen molar-refractivity contribution in [2.24, 2.45) is 0 Å². The number of rotatable bonds is 17. The van der Waals surface area contributed by atoms with Gasteiger partial charge in [0.05, 0.1) is 6.61 Å². The molecule has 0 saturated carbocycles. The molecule has 2 N–H and O–H groups in total.